The summed E-state index contributed by atoms with van der Waals surface area (Å²) in [6.07, 6.45) is 5.12. The molecule has 1 amide bonds. The van der Waals surface area contributed by atoms with E-state index in [0.29, 0.717) is 42.2 Å². The molecule has 1 aromatic rings. The normalized spacial score (nSPS) is 14.5. The van der Waals surface area contributed by atoms with Crippen molar-refractivity contribution >= 4 is 34.6 Å². The summed E-state index contributed by atoms with van der Waals surface area (Å²) >= 11 is 0. The first kappa shape index (κ1) is 51.5. The van der Waals surface area contributed by atoms with Gasteiger partial charge in [-0.2, -0.15) is 18.4 Å². The van der Waals surface area contributed by atoms with E-state index in [0.717, 1.165) is 45.0 Å². The first-order valence-electron chi connectivity index (χ1n) is 18.1. The summed E-state index contributed by atoms with van der Waals surface area (Å²) in [6, 6.07) is 7.07. The summed E-state index contributed by atoms with van der Waals surface area (Å²) in [5, 5.41) is 13.5. The molecule has 1 saturated heterocycles. The molecule has 0 saturated carbocycles. The predicted molar refractivity (Wildman–Crippen MR) is 208 cm³/mol. The van der Waals surface area contributed by atoms with Crippen molar-refractivity contribution in [2.75, 3.05) is 25.5 Å². The Morgan fingerprint density at radius 1 is 1.04 bits per heavy atom. The minimum atomic E-state index is -4.59. The minimum absolute atomic E-state index is 0.0768. The zero-order valence-corrected chi connectivity index (χ0v) is 33.2. The van der Waals surface area contributed by atoms with Gasteiger partial charge in [-0.15, -0.1) is 0 Å². The molecule has 1 fully saturated rings. The molecule has 0 aliphatic carbocycles. The number of carbonyl (C=O) groups excluding carboxylic acids is 3. The monoisotopic (exact) mass is 719 g/mol. The smallest absolute Gasteiger partial charge is 0.321 e. The Bertz CT molecular complexity index is 1330. The third-order valence-electron chi connectivity index (χ3n) is 7.34. The van der Waals surface area contributed by atoms with E-state index in [1.165, 1.54) is 45.9 Å². The Hall–Kier alpha value is -3.91. The fraction of sp³-hybridized carbons (Fsp3) is 0.600. The van der Waals surface area contributed by atoms with Crippen LogP contribution in [0.1, 0.15) is 137 Å². The number of aryl methyl sites for hydroxylation is 1. The molecule has 1 unspecified atom stereocenters. The van der Waals surface area contributed by atoms with Crippen molar-refractivity contribution in [2.24, 2.45) is 15.9 Å². The van der Waals surface area contributed by atoms with Gasteiger partial charge >= 0.3 is 6.18 Å². The fourth-order valence-electron chi connectivity index (χ4n) is 4.20. The Morgan fingerprint density at radius 3 is 2.00 bits per heavy atom. The predicted octanol–water partition coefficient (Wildman–Crippen LogP) is 10.4. The number of nitrogens with zero attached hydrogens (tertiary/aromatic N) is 3. The van der Waals surface area contributed by atoms with Gasteiger partial charge in [0.1, 0.15) is 17.2 Å². The van der Waals surface area contributed by atoms with Gasteiger partial charge in [0.25, 0.3) is 5.91 Å². The summed E-state index contributed by atoms with van der Waals surface area (Å²) in [5.41, 5.74) is 1.22. The average molecular weight is 720 g/mol. The highest BCUT2D eigenvalue weighted by Crippen LogP contribution is 2.26. The van der Waals surface area contributed by atoms with Crippen LogP contribution in [0.2, 0.25) is 0 Å². The van der Waals surface area contributed by atoms with Gasteiger partial charge in [0, 0.05) is 55.4 Å². The molecule has 1 aliphatic heterocycles. The highest BCUT2D eigenvalue weighted by molar-refractivity contribution is 6.42. The van der Waals surface area contributed by atoms with Gasteiger partial charge in [-0.05, 0) is 82.8 Å². The molecule has 0 spiro atoms. The molecular weight excluding hydrogens is 655 g/mol. The van der Waals surface area contributed by atoms with Crippen LogP contribution in [-0.4, -0.2) is 55.2 Å². The molecule has 0 radical (unpaired) electrons. The number of hydrogen-bond donors (Lipinski definition) is 2. The molecule has 51 heavy (non-hydrogen) atoms. The van der Waals surface area contributed by atoms with Crippen LogP contribution in [0.3, 0.4) is 0 Å². The van der Waals surface area contributed by atoms with Crippen LogP contribution in [0.5, 0.6) is 0 Å². The van der Waals surface area contributed by atoms with Crippen LogP contribution >= 0.6 is 0 Å². The van der Waals surface area contributed by atoms with Crippen molar-refractivity contribution in [3.63, 3.8) is 0 Å². The maximum absolute atomic E-state index is 13.2. The number of halogens is 3. The van der Waals surface area contributed by atoms with Crippen molar-refractivity contribution in [3.8, 4) is 6.07 Å². The van der Waals surface area contributed by atoms with Crippen LogP contribution in [0.15, 0.2) is 51.6 Å². The lowest BCUT2D eigenvalue weighted by Crippen LogP contribution is -2.25. The van der Waals surface area contributed by atoms with E-state index in [2.05, 4.69) is 34.5 Å². The minimum Gasteiger partial charge on any atom is -0.321 e. The lowest BCUT2D eigenvalue weighted by atomic mass is 9.98. The molecule has 2 N–H and O–H groups in total. The van der Waals surface area contributed by atoms with Crippen molar-refractivity contribution in [2.45, 2.75) is 134 Å². The number of alkyl halides is 3. The van der Waals surface area contributed by atoms with Crippen LogP contribution in [0.4, 0.5) is 18.9 Å². The van der Waals surface area contributed by atoms with Crippen molar-refractivity contribution in [3.05, 3.63) is 52.7 Å². The first-order chi connectivity index (χ1) is 24.1. The summed E-state index contributed by atoms with van der Waals surface area (Å²) < 4.78 is 39.5. The number of anilines is 1. The number of nitrogens with one attached hydrogen (secondary N) is 2. The number of nitriles is 1. The average Bonchev–Trinajstić information content (AvgIpc) is 3.68. The second kappa shape index (κ2) is 30.9. The highest BCUT2D eigenvalue weighted by atomic mass is 19.4. The van der Waals surface area contributed by atoms with Gasteiger partial charge in [0.2, 0.25) is 0 Å². The molecule has 288 valence electrons. The van der Waals surface area contributed by atoms with Gasteiger partial charge in [-0.25, -0.2) is 0 Å². The molecule has 1 atom stereocenters. The Morgan fingerprint density at radius 2 is 1.63 bits per heavy atom. The van der Waals surface area contributed by atoms with E-state index < -0.39 is 17.8 Å². The fourth-order valence-corrected chi connectivity index (χ4v) is 4.20. The van der Waals surface area contributed by atoms with E-state index in [4.69, 9.17) is 5.26 Å². The zero-order chi connectivity index (χ0) is 40.0. The Balaban J connectivity index is -0.00000104. The van der Waals surface area contributed by atoms with Crippen LogP contribution < -0.4 is 10.6 Å². The zero-order valence-electron chi connectivity index (χ0n) is 33.2. The molecule has 0 bridgehead atoms. The number of aliphatic imine (C=N–C) groups is 2. The number of amides is 1. The van der Waals surface area contributed by atoms with Crippen LogP contribution in [0.25, 0.3) is 0 Å². The topological polar surface area (TPSA) is 124 Å². The maximum atomic E-state index is 13.2. The van der Waals surface area contributed by atoms with Gasteiger partial charge in [-0.3, -0.25) is 24.4 Å². The van der Waals surface area contributed by atoms with E-state index in [1.807, 2.05) is 40.7 Å². The lowest BCUT2D eigenvalue weighted by molar-refractivity contribution is -0.120. The summed E-state index contributed by atoms with van der Waals surface area (Å²) in [7, 11) is 1.08. The third kappa shape index (κ3) is 22.5. The number of ketones is 2. The summed E-state index contributed by atoms with van der Waals surface area (Å²) in [6.45, 7) is 22.1. The van der Waals surface area contributed by atoms with Crippen molar-refractivity contribution in [1.29, 1.82) is 5.26 Å². The van der Waals surface area contributed by atoms with E-state index in [9.17, 15) is 27.6 Å². The number of allylic oxidation sites excluding steroid dienone is 3. The summed E-state index contributed by atoms with van der Waals surface area (Å²) in [5.74, 6) is 0.233. The maximum Gasteiger partial charge on any atom is 0.433 e. The number of carbonyl (C=O) groups is 3. The number of unbranched alkanes of at least 4 members (excludes halogenated alkanes) is 2. The first-order valence-corrected chi connectivity index (χ1v) is 18.1. The molecule has 1 aliphatic rings. The number of benzene rings is 1. The molecule has 2 rings (SSSR count). The Labute approximate surface area is 306 Å². The number of rotatable bonds is 12. The molecule has 0 aromatic heterocycles. The van der Waals surface area contributed by atoms with Gasteiger partial charge in [-0.1, -0.05) is 73.8 Å². The number of Topliss-reactive ketones (excluding diaryl/α,β-unsaturated/α-hetero) is 2. The van der Waals surface area contributed by atoms with Gasteiger partial charge in [0.05, 0.1) is 6.07 Å². The van der Waals surface area contributed by atoms with Gasteiger partial charge < -0.3 is 10.6 Å². The van der Waals surface area contributed by atoms with E-state index in [1.54, 1.807) is 25.1 Å². The second-order valence-corrected chi connectivity index (χ2v) is 11.3. The summed E-state index contributed by atoms with van der Waals surface area (Å²) in [4.78, 5) is 42.9. The lowest BCUT2D eigenvalue weighted by Gasteiger charge is -2.13. The molecule has 1 aromatic carbocycles. The van der Waals surface area contributed by atoms with E-state index in [-0.39, 0.29) is 22.6 Å². The largest absolute Gasteiger partial charge is 0.433 e. The third-order valence-corrected chi connectivity index (χ3v) is 7.34. The standard InChI is InChI=1S/C25H32F3N3O2.C6H11NO.C4H10.C3H5N.C2H6/c1-7-10-11-22(32)21-13-12-19(14-18(21)8-2)31-24(33)17(5)30-15-16(4)20(9-3)23(29-6)25(26,27)28;1-5(8)6-2-3-7-4-6;1-3-4-2;1-2-3-4;1-2/h9,12-15H,7-8,10-11H2,1-6H3,(H,31,33);6-7H,2-4H2,1H3;3-4H2,1-2H3;2H2,1H3;1-2H3/b16-15+,20-9-,29-23?,30-17?;;;;. The highest BCUT2D eigenvalue weighted by Gasteiger charge is 2.37. The van der Waals surface area contributed by atoms with Crippen LogP contribution in [0, 0.1) is 17.2 Å². The van der Waals surface area contributed by atoms with Crippen molar-refractivity contribution in [1.82, 2.24) is 5.32 Å². The van der Waals surface area contributed by atoms with Gasteiger partial charge in [0.15, 0.2) is 5.78 Å². The molecular formula is C40H64F3N5O3. The second-order valence-electron chi connectivity index (χ2n) is 11.3. The quantitative estimate of drug-likeness (QED) is 0.126. The molecule has 11 heteroatoms. The van der Waals surface area contributed by atoms with E-state index >= 15 is 0 Å². The SMILES string of the molecule is C/C=C(C(=NC)C(F)(F)F)/C(C)=C/N=C(C)C(=O)Nc1ccc(C(=O)CCCC)c(CC)c1.CC.CC(=O)C1CCNC1.CCC#N.CCCC. The number of hydrogen-bond acceptors (Lipinski definition) is 7. The molecule has 8 nitrogen and oxygen atoms in total. The molecule has 1 heterocycles. The Kier molecular flexibility index (Phi) is 31.2. The van der Waals surface area contributed by atoms with Crippen molar-refractivity contribution < 1.29 is 27.6 Å². The van der Waals surface area contributed by atoms with Crippen LogP contribution in [-0.2, 0) is 16.0 Å².